The van der Waals surface area contributed by atoms with E-state index in [1.807, 2.05) is 60.7 Å². The Hall–Kier alpha value is -4.20. The Bertz CT molecular complexity index is 1730. The molecular weight excluding hydrogens is 638 g/mol. The maximum Gasteiger partial charge on any atom is 0.355 e. The summed E-state index contributed by atoms with van der Waals surface area (Å²) >= 11 is 6.54. The van der Waals surface area contributed by atoms with E-state index < -0.39 is 23.6 Å². The molecule has 1 aromatic heterocycles. The van der Waals surface area contributed by atoms with E-state index in [4.69, 9.17) is 30.5 Å². The lowest BCUT2D eigenvalue weighted by atomic mass is 9.64. The molecular formula is C41H46ClNO6. The van der Waals surface area contributed by atoms with Gasteiger partial charge in [-0.2, -0.15) is 0 Å². The number of benzene rings is 3. The van der Waals surface area contributed by atoms with Crippen LogP contribution < -0.4 is 4.74 Å². The smallest absolute Gasteiger partial charge is 0.355 e. The SMILES string of the molecule is CC[C@@](OC(=O)c1ccc(-c2ccccc2)cc1)(C(=O)O[C@@H]1C[C@H](C)CC[C@H]1C(C)(C)c1ccccc1)c1cc(Cl)nc(OC)c1COC. The topological polar surface area (TPSA) is 84.0 Å². The number of carbonyl (C=O) groups is 2. The van der Waals surface area contributed by atoms with Gasteiger partial charge in [0.05, 0.1) is 19.3 Å². The minimum Gasteiger partial charge on any atom is -0.481 e. The average molecular weight is 684 g/mol. The van der Waals surface area contributed by atoms with Crippen LogP contribution in [0.2, 0.25) is 5.15 Å². The summed E-state index contributed by atoms with van der Waals surface area (Å²) in [7, 11) is 3.00. The second-order valence-electron chi connectivity index (χ2n) is 13.5. The highest BCUT2D eigenvalue weighted by molar-refractivity contribution is 6.29. The molecule has 3 aromatic carbocycles. The van der Waals surface area contributed by atoms with Crippen molar-refractivity contribution in [3.8, 4) is 17.0 Å². The Labute approximate surface area is 294 Å². The van der Waals surface area contributed by atoms with Gasteiger partial charge in [0.1, 0.15) is 11.3 Å². The molecule has 1 aliphatic carbocycles. The van der Waals surface area contributed by atoms with Crippen molar-refractivity contribution >= 4 is 23.5 Å². The van der Waals surface area contributed by atoms with Crippen molar-refractivity contribution in [2.45, 2.75) is 77.1 Å². The molecule has 0 spiro atoms. The van der Waals surface area contributed by atoms with Gasteiger partial charge in [-0.15, -0.1) is 0 Å². The van der Waals surface area contributed by atoms with Crippen molar-refractivity contribution in [1.29, 1.82) is 0 Å². The van der Waals surface area contributed by atoms with Gasteiger partial charge in [0, 0.05) is 24.2 Å². The molecule has 0 unspecified atom stereocenters. The number of hydrogen-bond donors (Lipinski definition) is 0. The highest BCUT2D eigenvalue weighted by atomic mass is 35.5. The Morgan fingerprint density at radius 1 is 0.898 bits per heavy atom. The lowest BCUT2D eigenvalue weighted by molar-refractivity contribution is -0.181. The highest BCUT2D eigenvalue weighted by Gasteiger charge is 2.50. The standard InChI is InChI=1S/C41H46ClNO6/c1-7-41(34-25-36(42)43-37(47-6)32(34)26-46-5,49-38(44)30-21-19-29(20-22-30)28-14-10-8-11-15-28)39(45)48-35-24-27(2)18-23-33(35)40(3,4)31-16-12-9-13-17-31/h8-17,19-22,25,27,33,35H,7,18,23-24,26H2,1-6H3/t27-,33-,35-,41+/m1/s1. The predicted molar refractivity (Wildman–Crippen MR) is 192 cm³/mol. The molecule has 0 radical (unpaired) electrons. The van der Waals surface area contributed by atoms with Gasteiger partial charge in [0.2, 0.25) is 11.5 Å². The van der Waals surface area contributed by atoms with Crippen LogP contribution in [-0.4, -0.2) is 37.2 Å². The predicted octanol–water partition coefficient (Wildman–Crippen LogP) is 9.35. The summed E-state index contributed by atoms with van der Waals surface area (Å²) in [5.74, 6) is -0.792. The van der Waals surface area contributed by atoms with E-state index in [0.717, 1.165) is 24.0 Å². The summed E-state index contributed by atoms with van der Waals surface area (Å²) in [6, 6.07) is 28.9. The van der Waals surface area contributed by atoms with Gasteiger partial charge in [0.15, 0.2) is 0 Å². The third-order valence-corrected chi connectivity index (χ3v) is 10.2. The maximum absolute atomic E-state index is 14.9. The minimum atomic E-state index is -1.88. The molecule has 0 saturated heterocycles. The molecule has 0 N–H and O–H groups in total. The molecule has 4 atom stereocenters. The largest absolute Gasteiger partial charge is 0.481 e. The van der Waals surface area contributed by atoms with Crippen LogP contribution in [0.4, 0.5) is 0 Å². The fourth-order valence-corrected chi connectivity index (χ4v) is 7.38. The normalized spacial score (nSPS) is 19.0. The van der Waals surface area contributed by atoms with Crippen LogP contribution in [-0.2, 0) is 36.6 Å². The van der Waals surface area contributed by atoms with Crippen molar-refractivity contribution in [3.63, 3.8) is 0 Å². The van der Waals surface area contributed by atoms with Crippen LogP contribution in [0.25, 0.3) is 11.1 Å². The molecule has 49 heavy (non-hydrogen) atoms. The monoisotopic (exact) mass is 683 g/mol. The van der Waals surface area contributed by atoms with E-state index in [-0.39, 0.29) is 35.4 Å². The quantitative estimate of drug-likeness (QED) is 0.109. The van der Waals surface area contributed by atoms with Crippen LogP contribution >= 0.6 is 11.6 Å². The number of esters is 2. The van der Waals surface area contributed by atoms with Crippen molar-refractivity contribution in [2.24, 2.45) is 11.8 Å². The molecule has 1 heterocycles. The van der Waals surface area contributed by atoms with Crippen molar-refractivity contribution in [2.75, 3.05) is 14.2 Å². The van der Waals surface area contributed by atoms with Gasteiger partial charge in [0.25, 0.3) is 0 Å². The molecule has 0 aliphatic heterocycles. The van der Waals surface area contributed by atoms with E-state index >= 15 is 0 Å². The van der Waals surface area contributed by atoms with Crippen LogP contribution in [0.1, 0.15) is 80.4 Å². The first kappa shape index (κ1) is 36.1. The zero-order chi connectivity index (χ0) is 35.2. The van der Waals surface area contributed by atoms with Crippen LogP contribution in [0.5, 0.6) is 5.88 Å². The molecule has 7 nitrogen and oxygen atoms in total. The van der Waals surface area contributed by atoms with Gasteiger partial charge < -0.3 is 18.9 Å². The number of nitrogens with zero attached hydrogens (tertiary/aromatic N) is 1. The second kappa shape index (κ2) is 15.6. The molecule has 258 valence electrons. The average Bonchev–Trinajstić information content (AvgIpc) is 3.12. The van der Waals surface area contributed by atoms with E-state index in [0.29, 0.717) is 29.0 Å². The van der Waals surface area contributed by atoms with E-state index in [1.165, 1.54) is 19.8 Å². The molecule has 0 bridgehead atoms. The van der Waals surface area contributed by atoms with Crippen LogP contribution in [0.15, 0.2) is 91.0 Å². The van der Waals surface area contributed by atoms with Crippen molar-refractivity contribution in [1.82, 2.24) is 4.98 Å². The van der Waals surface area contributed by atoms with Crippen LogP contribution in [0, 0.1) is 11.8 Å². The van der Waals surface area contributed by atoms with Gasteiger partial charge in [-0.05, 0) is 65.5 Å². The second-order valence-corrected chi connectivity index (χ2v) is 13.9. The van der Waals surface area contributed by atoms with Gasteiger partial charge in [-0.25, -0.2) is 14.6 Å². The van der Waals surface area contributed by atoms with Gasteiger partial charge in [-0.3, -0.25) is 0 Å². The minimum absolute atomic E-state index is 0.0276. The third-order valence-electron chi connectivity index (χ3n) is 10.1. The van der Waals surface area contributed by atoms with E-state index in [9.17, 15) is 9.59 Å². The molecule has 1 saturated carbocycles. The van der Waals surface area contributed by atoms with Crippen LogP contribution in [0.3, 0.4) is 0 Å². The fourth-order valence-electron chi connectivity index (χ4n) is 7.19. The number of carbonyl (C=O) groups excluding carboxylic acids is 2. The number of aromatic nitrogens is 1. The molecule has 5 rings (SSSR count). The first-order chi connectivity index (χ1) is 23.5. The number of pyridine rings is 1. The van der Waals surface area contributed by atoms with Crippen molar-refractivity contribution < 1.29 is 28.5 Å². The van der Waals surface area contributed by atoms with Gasteiger partial charge >= 0.3 is 11.9 Å². The first-order valence-corrected chi connectivity index (χ1v) is 17.3. The zero-order valence-electron chi connectivity index (χ0n) is 29.2. The summed E-state index contributed by atoms with van der Waals surface area (Å²) in [4.78, 5) is 33.3. The first-order valence-electron chi connectivity index (χ1n) is 16.9. The third kappa shape index (κ3) is 7.68. The molecule has 0 amide bonds. The Morgan fingerprint density at radius 3 is 2.14 bits per heavy atom. The lowest BCUT2D eigenvalue weighted by Crippen LogP contribution is -2.48. The molecule has 1 fully saturated rings. The number of ether oxygens (including phenoxy) is 4. The summed E-state index contributed by atoms with van der Waals surface area (Å²) in [6.07, 6.45) is 2.24. The number of methoxy groups -OCH3 is 2. The lowest BCUT2D eigenvalue weighted by Gasteiger charge is -2.45. The molecule has 4 aromatic rings. The fraction of sp³-hybridized carbons (Fsp3) is 0.390. The van der Waals surface area contributed by atoms with Gasteiger partial charge in [-0.1, -0.05) is 119 Å². The summed E-state index contributed by atoms with van der Waals surface area (Å²) < 4.78 is 24.1. The number of hydrogen-bond acceptors (Lipinski definition) is 7. The number of halogens is 1. The molecule has 1 aliphatic rings. The Kier molecular flexibility index (Phi) is 11.5. The van der Waals surface area contributed by atoms with E-state index in [1.54, 1.807) is 25.1 Å². The Balaban J connectivity index is 1.57. The molecule has 8 heteroatoms. The highest BCUT2D eigenvalue weighted by Crippen LogP contribution is 2.46. The Morgan fingerprint density at radius 2 is 1.53 bits per heavy atom. The summed E-state index contributed by atoms with van der Waals surface area (Å²) in [5, 5.41) is 0.0787. The zero-order valence-corrected chi connectivity index (χ0v) is 30.0. The summed E-state index contributed by atoms with van der Waals surface area (Å²) in [6.45, 7) is 8.42. The van der Waals surface area contributed by atoms with Crippen molar-refractivity contribution in [3.05, 3.63) is 118 Å². The van der Waals surface area contributed by atoms with E-state index in [2.05, 4.69) is 37.9 Å². The maximum atomic E-state index is 14.9. The summed E-state index contributed by atoms with van der Waals surface area (Å²) in [5.41, 5.74) is 2.02. The number of rotatable bonds is 12.